The number of carbonyl (C=O) groups excluding carboxylic acids is 2. The summed E-state index contributed by atoms with van der Waals surface area (Å²) in [7, 11) is 3.62. The maximum absolute atomic E-state index is 12.8. The van der Waals surface area contributed by atoms with Gasteiger partial charge in [-0.15, -0.1) is 0 Å². The SMILES string of the molecule is COc1ccc(C)cc1C[NH+](C)CC(=O)N1CC(=O)Nc2ccccc21. The van der Waals surface area contributed by atoms with Crippen LogP contribution in [0, 0.1) is 6.92 Å². The van der Waals surface area contributed by atoms with Crippen LogP contribution in [0.25, 0.3) is 0 Å². The zero-order chi connectivity index (χ0) is 18.7. The molecule has 1 unspecified atom stereocenters. The number of likely N-dealkylation sites (N-methyl/N-ethyl adjacent to an activating group) is 1. The lowest BCUT2D eigenvalue weighted by Crippen LogP contribution is -3.09. The molecule has 3 rings (SSSR count). The molecule has 0 aliphatic carbocycles. The number of aryl methyl sites for hydroxylation is 1. The highest BCUT2D eigenvalue weighted by Gasteiger charge is 2.28. The summed E-state index contributed by atoms with van der Waals surface area (Å²) in [5.41, 5.74) is 3.64. The number of benzene rings is 2. The predicted octanol–water partition coefficient (Wildman–Crippen LogP) is 1.00. The Bertz CT molecular complexity index is 835. The highest BCUT2D eigenvalue weighted by atomic mass is 16.5. The fraction of sp³-hybridized carbons (Fsp3) is 0.300. The zero-order valence-electron chi connectivity index (χ0n) is 15.3. The number of quaternary nitrogens is 1. The van der Waals surface area contributed by atoms with Crippen LogP contribution in [0.15, 0.2) is 42.5 Å². The van der Waals surface area contributed by atoms with E-state index in [0.29, 0.717) is 18.8 Å². The van der Waals surface area contributed by atoms with Gasteiger partial charge in [0.25, 0.3) is 5.91 Å². The first-order chi connectivity index (χ1) is 12.5. The first kappa shape index (κ1) is 17.9. The van der Waals surface area contributed by atoms with Crippen LogP contribution in [0.2, 0.25) is 0 Å². The lowest BCUT2D eigenvalue weighted by molar-refractivity contribution is -0.885. The number of hydrogen-bond acceptors (Lipinski definition) is 3. The van der Waals surface area contributed by atoms with E-state index < -0.39 is 0 Å². The third kappa shape index (κ3) is 3.86. The maximum atomic E-state index is 12.8. The van der Waals surface area contributed by atoms with Crippen molar-refractivity contribution < 1.29 is 19.2 Å². The summed E-state index contributed by atoms with van der Waals surface area (Å²) in [5, 5.41) is 2.80. The molecule has 1 heterocycles. The Labute approximate surface area is 153 Å². The van der Waals surface area contributed by atoms with Crippen LogP contribution in [0.5, 0.6) is 5.75 Å². The Balaban J connectivity index is 1.72. The van der Waals surface area contributed by atoms with Gasteiger partial charge in [0.2, 0.25) is 5.91 Å². The molecule has 0 saturated carbocycles. The number of carbonyl (C=O) groups is 2. The van der Waals surface area contributed by atoms with Gasteiger partial charge in [-0.3, -0.25) is 14.5 Å². The lowest BCUT2D eigenvalue weighted by atomic mass is 10.1. The molecule has 136 valence electrons. The monoisotopic (exact) mass is 354 g/mol. The summed E-state index contributed by atoms with van der Waals surface area (Å²) >= 11 is 0. The average Bonchev–Trinajstić information content (AvgIpc) is 2.61. The molecule has 6 nitrogen and oxygen atoms in total. The van der Waals surface area contributed by atoms with Gasteiger partial charge < -0.3 is 15.0 Å². The standard InChI is InChI=1S/C20H23N3O3/c1-14-8-9-18(26-3)15(10-14)11-22(2)13-20(25)23-12-19(24)21-16-6-4-5-7-17(16)23/h4-10H,11-13H2,1-3H3,(H,21,24)/p+1. The number of nitrogens with one attached hydrogen (secondary N) is 2. The van der Waals surface area contributed by atoms with Crippen LogP contribution >= 0.6 is 0 Å². The van der Waals surface area contributed by atoms with Crippen molar-refractivity contribution in [2.45, 2.75) is 13.5 Å². The molecular formula is C20H24N3O3+. The minimum absolute atomic E-state index is 0.0525. The molecule has 6 heteroatoms. The van der Waals surface area contributed by atoms with Gasteiger partial charge in [0.05, 0.1) is 25.5 Å². The van der Waals surface area contributed by atoms with Gasteiger partial charge in [-0.2, -0.15) is 0 Å². The van der Waals surface area contributed by atoms with E-state index in [0.717, 1.165) is 27.5 Å². The fourth-order valence-corrected chi connectivity index (χ4v) is 3.24. The average molecular weight is 354 g/mol. The minimum Gasteiger partial charge on any atom is -0.496 e. The van der Waals surface area contributed by atoms with Crippen LogP contribution in [-0.4, -0.2) is 39.1 Å². The van der Waals surface area contributed by atoms with Gasteiger partial charge in [-0.05, 0) is 31.2 Å². The second-order valence-electron chi connectivity index (χ2n) is 6.67. The highest BCUT2D eigenvalue weighted by molar-refractivity contribution is 6.10. The molecule has 1 aliphatic heterocycles. The van der Waals surface area contributed by atoms with Gasteiger partial charge in [0.15, 0.2) is 6.54 Å². The van der Waals surface area contributed by atoms with Crippen molar-refractivity contribution in [2.24, 2.45) is 0 Å². The van der Waals surface area contributed by atoms with Crippen molar-refractivity contribution in [2.75, 3.05) is 37.5 Å². The number of rotatable bonds is 5. The second kappa shape index (κ2) is 7.58. The van der Waals surface area contributed by atoms with Gasteiger partial charge >= 0.3 is 0 Å². The molecule has 2 aromatic carbocycles. The number of hydrogen-bond donors (Lipinski definition) is 2. The summed E-state index contributed by atoms with van der Waals surface area (Å²) in [5.74, 6) is 0.580. The van der Waals surface area contributed by atoms with Crippen molar-refractivity contribution >= 4 is 23.2 Å². The Morgan fingerprint density at radius 2 is 2.04 bits per heavy atom. The van der Waals surface area contributed by atoms with E-state index in [1.807, 2.05) is 44.3 Å². The second-order valence-corrected chi connectivity index (χ2v) is 6.67. The number of ether oxygens (including phenoxy) is 1. The summed E-state index contributed by atoms with van der Waals surface area (Å²) in [6.45, 7) is 3.04. The topological polar surface area (TPSA) is 63.1 Å². The summed E-state index contributed by atoms with van der Waals surface area (Å²) in [6.07, 6.45) is 0. The van der Waals surface area contributed by atoms with Gasteiger partial charge in [0, 0.05) is 5.56 Å². The number of fused-ring (bicyclic) bond motifs is 1. The van der Waals surface area contributed by atoms with Crippen LogP contribution in [0.3, 0.4) is 0 Å². The Morgan fingerprint density at radius 3 is 2.81 bits per heavy atom. The van der Waals surface area contributed by atoms with Gasteiger partial charge in [-0.1, -0.05) is 23.8 Å². The lowest BCUT2D eigenvalue weighted by Gasteiger charge is -2.29. The zero-order valence-corrected chi connectivity index (χ0v) is 15.3. The predicted molar refractivity (Wildman–Crippen MR) is 101 cm³/mol. The Morgan fingerprint density at radius 1 is 1.27 bits per heavy atom. The summed E-state index contributed by atoms with van der Waals surface area (Å²) < 4.78 is 5.42. The summed E-state index contributed by atoms with van der Waals surface area (Å²) in [4.78, 5) is 27.3. The van der Waals surface area contributed by atoms with E-state index in [1.165, 1.54) is 0 Å². The molecular weight excluding hydrogens is 330 g/mol. The molecule has 26 heavy (non-hydrogen) atoms. The van der Waals surface area contributed by atoms with Crippen LogP contribution < -0.4 is 19.9 Å². The number of nitrogens with zero attached hydrogens (tertiary/aromatic N) is 1. The molecule has 0 radical (unpaired) electrons. The first-order valence-electron chi connectivity index (χ1n) is 8.62. The maximum Gasteiger partial charge on any atom is 0.282 e. The highest BCUT2D eigenvalue weighted by Crippen LogP contribution is 2.28. The molecule has 2 N–H and O–H groups in total. The molecule has 0 aromatic heterocycles. The Hall–Kier alpha value is -2.86. The number of anilines is 2. The van der Waals surface area contributed by atoms with Crippen LogP contribution in [0.1, 0.15) is 11.1 Å². The molecule has 0 fully saturated rings. The fourth-order valence-electron chi connectivity index (χ4n) is 3.24. The third-order valence-corrected chi connectivity index (χ3v) is 4.45. The number of para-hydroxylation sites is 2. The number of methoxy groups -OCH3 is 1. The molecule has 0 saturated heterocycles. The van der Waals surface area contributed by atoms with Crippen molar-refractivity contribution in [1.29, 1.82) is 0 Å². The van der Waals surface area contributed by atoms with E-state index in [9.17, 15) is 9.59 Å². The normalized spacial score (nSPS) is 14.4. The van der Waals surface area contributed by atoms with E-state index in [4.69, 9.17) is 4.74 Å². The smallest absolute Gasteiger partial charge is 0.282 e. The van der Waals surface area contributed by atoms with E-state index in [1.54, 1.807) is 18.1 Å². The van der Waals surface area contributed by atoms with E-state index >= 15 is 0 Å². The van der Waals surface area contributed by atoms with Gasteiger partial charge in [-0.25, -0.2) is 0 Å². The molecule has 1 atom stereocenters. The quantitative estimate of drug-likeness (QED) is 0.842. The van der Waals surface area contributed by atoms with E-state index in [2.05, 4.69) is 11.4 Å². The third-order valence-electron chi connectivity index (χ3n) is 4.45. The molecule has 1 aliphatic rings. The van der Waals surface area contributed by atoms with Gasteiger partial charge in [0.1, 0.15) is 18.8 Å². The van der Waals surface area contributed by atoms with Crippen molar-refractivity contribution in [3.8, 4) is 5.75 Å². The van der Waals surface area contributed by atoms with Crippen molar-refractivity contribution in [1.82, 2.24) is 0 Å². The largest absolute Gasteiger partial charge is 0.496 e. The van der Waals surface area contributed by atoms with Crippen LogP contribution in [0.4, 0.5) is 11.4 Å². The molecule has 2 aromatic rings. The number of amides is 2. The molecule has 0 bridgehead atoms. The minimum atomic E-state index is -0.171. The van der Waals surface area contributed by atoms with Crippen molar-refractivity contribution in [3.63, 3.8) is 0 Å². The van der Waals surface area contributed by atoms with E-state index in [-0.39, 0.29) is 18.4 Å². The van der Waals surface area contributed by atoms with Crippen LogP contribution in [-0.2, 0) is 16.1 Å². The molecule has 2 amide bonds. The van der Waals surface area contributed by atoms with Crippen molar-refractivity contribution in [3.05, 3.63) is 53.6 Å². The Kier molecular flexibility index (Phi) is 5.23. The summed E-state index contributed by atoms with van der Waals surface area (Å²) in [6, 6.07) is 13.4. The molecule has 0 spiro atoms. The first-order valence-corrected chi connectivity index (χ1v) is 8.62.